The van der Waals surface area contributed by atoms with Crippen LogP contribution in [0.15, 0.2) is 12.1 Å². The van der Waals surface area contributed by atoms with E-state index in [1.165, 1.54) is 0 Å². The summed E-state index contributed by atoms with van der Waals surface area (Å²) in [4.78, 5) is 30.6. The molecule has 0 aliphatic carbocycles. The van der Waals surface area contributed by atoms with Gasteiger partial charge in [0.2, 0.25) is 0 Å². The predicted molar refractivity (Wildman–Crippen MR) is 52.5 cm³/mol. The Labute approximate surface area is 136 Å². The van der Waals surface area contributed by atoms with Crippen LogP contribution in [0.1, 0.15) is 20.7 Å². The van der Waals surface area contributed by atoms with Crippen molar-refractivity contribution >= 4 is 74.7 Å². The van der Waals surface area contributed by atoms with Gasteiger partial charge in [0.25, 0.3) is 5.69 Å². The summed E-state index contributed by atoms with van der Waals surface area (Å²) >= 11 is 5.40. The minimum absolute atomic E-state index is 0. The first-order valence-corrected chi connectivity index (χ1v) is 4.13. The fourth-order valence-corrected chi connectivity index (χ4v) is 1.35. The fourth-order valence-electron chi connectivity index (χ4n) is 1.12. The molecule has 0 atom stereocenters. The van der Waals surface area contributed by atoms with Gasteiger partial charge in [0.1, 0.15) is 5.02 Å². The number of carboxylic acids is 2. The van der Waals surface area contributed by atoms with Gasteiger partial charge in [-0.1, -0.05) is 17.7 Å². The molecule has 0 unspecified atom stereocenters. The van der Waals surface area contributed by atoms with Gasteiger partial charge in [-0.25, -0.2) is 0 Å². The first-order valence-electron chi connectivity index (χ1n) is 3.75. The van der Waals surface area contributed by atoms with Gasteiger partial charge in [0.15, 0.2) is 0 Å². The van der Waals surface area contributed by atoms with E-state index >= 15 is 0 Å². The number of carbonyl (C=O) groups excluding carboxylic acids is 2. The zero-order valence-corrected chi connectivity index (χ0v) is 12.4. The van der Waals surface area contributed by atoms with Crippen LogP contribution in [0.3, 0.4) is 0 Å². The minimum atomic E-state index is -2.01. The summed E-state index contributed by atoms with van der Waals surface area (Å²) in [6.07, 6.45) is 0. The molecule has 0 spiro atoms. The number of nitro groups is 1. The smallest absolute Gasteiger partial charge is 0.545 e. The second-order valence-corrected chi connectivity index (χ2v) is 3.06. The van der Waals surface area contributed by atoms with Crippen LogP contribution in [0.25, 0.3) is 0 Å². The first-order chi connectivity index (χ1) is 7.36. The molecule has 1 aromatic carbocycles. The molecule has 0 saturated carbocycles. The Morgan fingerprint density at radius 3 is 2.06 bits per heavy atom. The third-order valence-electron chi connectivity index (χ3n) is 1.74. The van der Waals surface area contributed by atoms with E-state index in [2.05, 4.69) is 0 Å². The molecule has 17 heavy (non-hydrogen) atoms. The van der Waals surface area contributed by atoms with Crippen LogP contribution in [0.4, 0.5) is 5.69 Å². The average Bonchev–Trinajstić information content (AvgIpc) is 2.15. The van der Waals surface area contributed by atoms with Gasteiger partial charge in [0, 0.05) is 5.56 Å². The second-order valence-electron chi connectivity index (χ2n) is 2.65. The summed E-state index contributed by atoms with van der Waals surface area (Å²) in [6.45, 7) is 0. The number of rotatable bonds is 3. The number of carboxylic acid groups (broad SMARTS) is 2. The van der Waals surface area contributed by atoms with E-state index in [4.69, 9.17) is 11.6 Å². The molecule has 84 valence electrons. The topological polar surface area (TPSA) is 123 Å². The molecule has 0 saturated heterocycles. The Bertz CT molecular complexity index is 503. The molecule has 0 N–H and O–H groups in total. The Balaban J connectivity index is 0.00000256. The number of aromatic carboxylic acids is 2. The molecule has 0 fully saturated rings. The monoisotopic (exact) mass is 331 g/mol. The van der Waals surface area contributed by atoms with E-state index in [1.807, 2.05) is 0 Å². The van der Waals surface area contributed by atoms with Crippen molar-refractivity contribution in [1.82, 2.24) is 0 Å². The third-order valence-corrected chi connectivity index (χ3v) is 2.04. The molecule has 0 radical (unpaired) electrons. The molecule has 0 bridgehead atoms. The zero-order chi connectivity index (χ0) is 12.5. The van der Waals surface area contributed by atoms with E-state index in [0.29, 0.717) is 0 Å². The van der Waals surface area contributed by atoms with Gasteiger partial charge in [0.05, 0.1) is 22.4 Å². The number of halogens is 1. The Morgan fingerprint density at radius 1 is 1.18 bits per heavy atom. The molecule has 1 aromatic rings. The Hall–Kier alpha value is -0.669. The maximum Gasteiger partial charge on any atom is 2.00 e. The SMILES string of the molecule is O=C([O-])c1ccc(Cl)c([N+](=O)[O-])c1C(=O)[O-].[Sr+2]. The van der Waals surface area contributed by atoms with Crippen LogP contribution in [-0.2, 0) is 0 Å². The molecule has 0 aliphatic heterocycles. The molecule has 7 nitrogen and oxygen atoms in total. The summed E-state index contributed by atoms with van der Waals surface area (Å²) in [5.74, 6) is -3.87. The van der Waals surface area contributed by atoms with Crippen molar-refractivity contribution in [3.8, 4) is 0 Å². The minimum Gasteiger partial charge on any atom is -0.545 e. The van der Waals surface area contributed by atoms with Crippen molar-refractivity contribution in [3.05, 3.63) is 38.4 Å². The van der Waals surface area contributed by atoms with Crippen LogP contribution in [-0.4, -0.2) is 62.3 Å². The van der Waals surface area contributed by atoms with Gasteiger partial charge in [-0.15, -0.1) is 0 Å². The van der Waals surface area contributed by atoms with Crippen LogP contribution in [0.5, 0.6) is 0 Å². The van der Waals surface area contributed by atoms with Crippen molar-refractivity contribution in [3.63, 3.8) is 0 Å². The molecule has 0 amide bonds. The van der Waals surface area contributed by atoms with Crippen molar-refractivity contribution in [2.75, 3.05) is 0 Å². The summed E-state index contributed by atoms with van der Waals surface area (Å²) in [5, 5.41) is 31.2. The van der Waals surface area contributed by atoms with Crippen LogP contribution < -0.4 is 10.2 Å². The van der Waals surface area contributed by atoms with Crippen LogP contribution in [0, 0.1) is 10.1 Å². The average molecular weight is 331 g/mol. The van der Waals surface area contributed by atoms with Gasteiger partial charge >= 0.3 is 45.5 Å². The Morgan fingerprint density at radius 2 is 1.71 bits per heavy atom. The maximum atomic E-state index is 10.6. The number of nitro benzene ring substituents is 1. The standard InChI is InChI=1S/C8H4ClNO6.Sr/c9-4-2-1-3(7(11)12)5(8(13)14)6(4)10(15)16;/h1-2H,(H,11,12)(H,13,14);/q;+2/p-2. The number of hydrogen-bond acceptors (Lipinski definition) is 6. The first kappa shape index (κ1) is 16.3. The maximum absolute atomic E-state index is 10.6. The molecular formula is C8H2ClNO6Sr. The summed E-state index contributed by atoms with van der Waals surface area (Å²) in [6, 6.07) is 1.70. The molecule has 0 aliphatic rings. The third kappa shape index (κ3) is 3.39. The number of hydrogen-bond donors (Lipinski definition) is 0. The van der Waals surface area contributed by atoms with Crippen molar-refractivity contribution in [2.45, 2.75) is 0 Å². The molecular weight excluding hydrogens is 329 g/mol. The number of benzene rings is 1. The summed E-state index contributed by atoms with van der Waals surface area (Å²) in [7, 11) is 0. The zero-order valence-electron chi connectivity index (χ0n) is 8.14. The van der Waals surface area contributed by atoms with Crippen molar-refractivity contribution in [2.24, 2.45) is 0 Å². The van der Waals surface area contributed by atoms with E-state index in [0.717, 1.165) is 12.1 Å². The van der Waals surface area contributed by atoms with E-state index in [9.17, 15) is 29.9 Å². The molecule has 9 heteroatoms. The summed E-state index contributed by atoms with van der Waals surface area (Å²) in [5.41, 5.74) is -2.98. The fraction of sp³-hybridized carbons (Fsp3) is 0. The predicted octanol–water partition coefficient (Wildman–Crippen LogP) is -1.41. The van der Waals surface area contributed by atoms with Gasteiger partial charge in [-0.05, 0) is 6.07 Å². The van der Waals surface area contributed by atoms with Crippen molar-refractivity contribution in [1.29, 1.82) is 0 Å². The van der Waals surface area contributed by atoms with Gasteiger partial charge < -0.3 is 19.8 Å². The molecule has 0 aromatic heterocycles. The van der Waals surface area contributed by atoms with E-state index < -0.39 is 38.7 Å². The van der Waals surface area contributed by atoms with Crippen molar-refractivity contribution < 1.29 is 24.7 Å². The molecule has 0 heterocycles. The number of carbonyl (C=O) groups is 2. The second kappa shape index (κ2) is 6.31. The quantitative estimate of drug-likeness (QED) is 0.381. The van der Waals surface area contributed by atoms with E-state index in [1.54, 1.807) is 0 Å². The Kier molecular flexibility index (Phi) is 6.07. The number of nitrogens with zero attached hydrogens (tertiary/aromatic N) is 1. The van der Waals surface area contributed by atoms with E-state index in [-0.39, 0.29) is 45.5 Å². The normalized spacial score (nSPS) is 9.24. The summed E-state index contributed by atoms with van der Waals surface area (Å²) < 4.78 is 0. The van der Waals surface area contributed by atoms with Crippen LogP contribution in [0.2, 0.25) is 5.02 Å². The van der Waals surface area contributed by atoms with Gasteiger partial charge in [-0.3, -0.25) is 10.1 Å². The molecule has 1 rings (SSSR count). The largest absolute Gasteiger partial charge is 2.00 e. The van der Waals surface area contributed by atoms with Gasteiger partial charge in [-0.2, -0.15) is 0 Å². The van der Waals surface area contributed by atoms with Crippen LogP contribution >= 0.6 is 11.6 Å².